The first-order valence-electron chi connectivity index (χ1n) is 13.5. The molecule has 202 valence electrons. The van der Waals surface area contributed by atoms with Crippen LogP contribution in [0, 0.1) is 11.7 Å². The number of halogens is 1. The molecule has 2 aromatic carbocycles. The molecule has 6 rings (SSSR count). The number of pyridine rings is 1. The van der Waals surface area contributed by atoms with Gasteiger partial charge in [-0.05, 0) is 73.1 Å². The van der Waals surface area contributed by atoms with Crippen molar-refractivity contribution < 1.29 is 4.39 Å². The highest BCUT2D eigenvalue weighted by atomic mass is 19.1. The van der Waals surface area contributed by atoms with Crippen LogP contribution >= 0.6 is 0 Å². The maximum Gasteiger partial charge on any atom is 0.125 e. The SMILES string of the molecule is C[C@H]1C=CN=CC(c2cnc3c(c2)C(c2cc4c(-c5cc(F)cc(NCCN(C)C)c5)cccc4[nH]2)=NNC3)=C1. The Hall–Kier alpha value is -4.56. The second kappa shape index (κ2) is 10.9. The Morgan fingerprint density at radius 2 is 1.98 bits per heavy atom. The highest BCUT2D eigenvalue weighted by Gasteiger charge is 2.21. The zero-order chi connectivity index (χ0) is 27.6. The van der Waals surface area contributed by atoms with Crippen LogP contribution in [0.1, 0.15) is 29.4 Å². The predicted octanol–water partition coefficient (Wildman–Crippen LogP) is 5.82. The summed E-state index contributed by atoms with van der Waals surface area (Å²) in [6.07, 6.45) is 9.86. The topological polar surface area (TPSA) is 80.7 Å². The van der Waals surface area contributed by atoms with Crippen LogP contribution in [-0.4, -0.2) is 54.0 Å². The third-order valence-electron chi connectivity index (χ3n) is 7.14. The van der Waals surface area contributed by atoms with Gasteiger partial charge in [-0.25, -0.2) is 4.39 Å². The molecule has 2 aliphatic heterocycles. The highest BCUT2D eigenvalue weighted by molar-refractivity contribution is 6.17. The van der Waals surface area contributed by atoms with Gasteiger partial charge in [0.1, 0.15) is 11.5 Å². The summed E-state index contributed by atoms with van der Waals surface area (Å²) in [5.74, 6) is 0.00821. The zero-order valence-corrected chi connectivity index (χ0v) is 22.9. The molecular weight excluding hydrogens is 501 g/mol. The van der Waals surface area contributed by atoms with E-state index in [-0.39, 0.29) is 11.7 Å². The number of likely N-dealkylation sites (N-methyl/N-ethyl adjacent to an activating group) is 1. The molecule has 0 radical (unpaired) electrons. The van der Waals surface area contributed by atoms with E-state index in [1.165, 1.54) is 6.07 Å². The molecule has 7 nitrogen and oxygen atoms in total. The maximum absolute atomic E-state index is 14.7. The Labute approximate surface area is 233 Å². The Kier molecular flexibility index (Phi) is 7.00. The van der Waals surface area contributed by atoms with E-state index in [4.69, 9.17) is 10.1 Å². The zero-order valence-electron chi connectivity index (χ0n) is 22.9. The Bertz CT molecular complexity index is 1690. The number of allylic oxidation sites excluding steroid dienone is 3. The van der Waals surface area contributed by atoms with E-state index in [9.17, 15) is 4.39 Å². The molecule has 4 aromatic rings. The van der Waals surface area contributed by atoms with Gasteiger partial charge in [-0.3, -0.25) is 9.98 Å². The number of hydrazone groups is 1. The summed E-state index contributed by atoms with van der Waals surface area (Å²) in [5, 5.41) is 9.03. The summed E-state index contributed by atoms with van der Waals surface area (Å²) in [7, 11) is 4.04. The number of nitrogens with one attached hydrogen (secondary N) is 3. The van der Waals surface area contributed by atoms with Gasteiger partial charge in [0.2, 0.25) is 0 Å². The van der Waals surface area contributed by atoms with Gasteiger partial charge in [0.25, 0.3) is 0 Å². The first-order valence-corrected chi connectivity index (χ1v) is 13.5. The molecule has 40 heavy (non-hydrogen) atoms. The molecule has 0 saturated carbocycles. The van der Waals surface area contributed by atoms with E-state index >= 15 is 0 Å². The average Bonchev–Trinajstić information content (AvgIpc) is 3.26. The number of aromatic nitrogens is 2. The first-order chi connectivity index (χ1) is 19.4. The minimum absolute atomic E-state index is 0.271. The van der Waals surface area contributed by atoms with Crippen molar-refractivity contribution in [2.75, 3.05) is 32.5 Å². The first kappa shape index (κ1) is 25.7. The molecule has 0 saturated heterocycles. The summed E-state index contributed by atoms with van der Waals surface area (Å²) in [5.41, 5.74) is 12.2. The summed E-state index contributed by atoms with van der Waals surface area (Å²) in [6.45, 7) is 4.28. The number of nitrogens with zero attached hydrogens (tertiary/aromatic N) is 4. The van der Waals surface area contributed by atoms with Gasteiger partial charge in [0.05, 0.1) is 17.9 Å². The van der Waals surface area contributed by atoms with Crippen molar-refractivity contribution in [2.45, 2.75) is 13.5 Å². The lowest BCUT2D eigenvalue weighted by molar-refractivity contribution is 0.425. The third kappa shape index (κ3) is 5.31. The normalized spacial score (nSPS) is 16.4. The molecule has 8 heteroatoms. The van der Waals surface area contributed by atoms with Crippen molar-refractivity contribution in [2.24, 2.45) is 16.0 Å². The van der Waals surface area contributed by atoms with Crippen molar-refractivity contribution in [1.82, 2.24) is 20.3 Å². The molecule has 0 amide bonds. The summed E-state index contributed by atoms with van der Waals surface area (Å²) >= 11 is 0. The van der Waals surface area contributed by atoms with Crippen molar-refractivity contribution >= 4 is 34.1 Å². The molecule has 0 spiro atoms. The van der Waals surface area contributed by atoms with Crippen molar-refractivity contribution in [3.05, 3.63) is 101 Å². The number of aromatic amines is 1. The summed E-state index contributed by atoms with van der Waals surface area (Å²) in [4.78, 5) is 14.8. The van der Waals surface area contributed by atoms with Gasteiger partial charge < -0.3 is 20.6 Å². The molecule has 2 aliphatic rings. The maximum atomic E-state index is 14.7. The number of hydrogen-bond acceptors (Lipinski definition) is 6. The lowest BCUT2D eigenvalue weighted by Crippen LogP contribution is -2.23. The Morgan fingerprint density at radius 1 is 1.07 bits per heavy atom. The van der Waals surface area contributed by atoms with Crippen molar-refractivity contribution in [3.63, 3.8) is 0 Å². The van der Waals surface area contributed by atoms with Gasteiger partial charge >= 0.3 is 0 Å². The lowest BCUT2D eigenvalue weighted by Gasteiger charge is -2.17. The predicted molar refractivity (Wildman–Crippen MR) is 162 cm³/mol. The number of benzene rings is 2. The van der Waals surface area contributed by atoms with Crippen LogP contribution in [0.3, 0.4) is 0 Å². The van der Waals surface area contributed by atoms with E-state index in [1.807, 2.05) is 57.0 Å². The number of H-pyrrole nitrogens is 1. The van der Waals surface area contributed by atoms with Crippen LogP contribution in [0.25, 0.3) is 27.6 Å². The van der Waals surface area contributed by atoms with E-state index in [2.05, 4.69) is 56.8 Å². The Balaban J connectivity index is 1.37. The van der Waals surface area contributed by atoms with Gasteiger partial charge in [-0.1, -0.05) is 31.2 Å². The molecule has 1 atom stereocenters. The van der Waals surface area contributed by atoms with Crippen LogP contribution in [0.2, 0.25) is 0 Å². The van der Waals surface area contributed by atoms with Crippen molar-refractivity contribution in [1.29, 1.82) is 0 Å². The van der Waals surface area contributed by atoms with E-state index in [0.717, 1.165) is 74.6 Å². The molecule has 0 unspecified atom stereocenters. The average molecular weight is 534 g/mol. The fourth-order valence-corrected chi connectivity index (χ4v) is 5.12. The van der Waals surface area contributed by atoms with E-state index < -0.39 is 0 Å². The van der Waals surface area contributed by atoms with Gasteiger partial charge in [-0.15, -0.1) is 0 Å². The lowest BCUT2D eigenvalue weighted by atomic mass is 9.97. The van der Waals surface area contributed by atoms with E-state index in [1.54, 1.807) is 6.07 Å². The van der Waals surface area contributed by atoms with Crippen LogP contribution < -0.4 is 10.7 Å². The second-order valence-electron chi connectivity index (χ2n) is 10.5. The number of anilines is 1. The largest absolute Gasteiger partial charge is 0.384 e. The van der Waals surface area contributed by atoms with Crippen molar-refractivity contribution in [3.8, 4) is 11.1 Å². The van der Waals surface area contributed by atoms with Crippen LogP contribution in [0.15, 0.2) is 83.2 Å². The number of fused-ring (bicyclic) bond motifs is 2. The highest BCUT2D eigenvalue weighted by Crippen LogP contribution is 2.33. The molecule has 3 N–H and O–H groups in total. The summed E-state index contributed by atoms with van der Waals surface area (Å²) < 4.78 is 14.7. The number of aliphatic imine (C=N–C) groups is 1. The Morgan fingerprint density at radius 3 is 2.85 bits per heavy atom. The standard InChI is InChI=1S/C32H32FN7/c1-20-7-8-34-17-22(11-20)23-14-28-31(36-18-23)19-37-39-32(28)30-16-27-26(5-4-6-29(27)38-30)21-12-24(33)15-25(13-21)35-9-10-40(2)3/h4-8,11-18,20,35,37-38H,9-10,19H2,1-3H3/t20-/m0/s1. The minimum atomic E-state index is -0.271. The van der Waals surface area contributed by atoms with Gasteiger partial charge in [-0.2, -0.15) is 5.10 Å². The van der Waals surface area contributed by atoms with E-state index in [0.29, 0.717) is 6.54 Å². The summed E-state index contributed by atoms with van der Waals surface area (Å²) in [6, 6.07) is 15.4. The van der Waals surface area contributed by atoms with Crippen LogP contribution in [-0.2, 0) is 6.54 Å². The minimum Gasteiger partial charge on any atom is -0.384 e. The monoisotopic (exact) mass is 533 g/mol. The van der Waals surface area contributed by atoms with Crippen LogP contribution in [0.5, 0.6) is 0 Å². The fourth-order valence-electron chi connectivity index (χ4n) is 5.12. The molecule has 0 bridgehead atoms. The van der Waals surface area contributed by atoms with Gasteiger partial charge in [0, 0.05) is 59.4 Å². The molecule has 2 aromatic heterocycles. The third-order valence-corrected chi connectivity index (χ3v) is 7.14. The quantitative estimate of drug-likeness (QED) is 0.280. The molecule has 4 heterocycles. The fraction of sp³-hybridized carbons (Fsp3) is 0.219. The molecule has 0 fully saturated rings. The van der Waals surface area contributed by atoms with Crippen LogP contribution in [0.4, 0.5) is 10.1 Å². The number of rotatable bonds is 7. The molecule has 0 aliphatic carbocycles. The van der Waals surface area contributed by atoms with Gasteiger partial charge in [0.15, 0.2) is 0 Å². The second-order valence-corrected chi connectivity index (χ2v) is 10.5. The molecular formula is C32H32FN7. The smallest absolute Gasteiger partial charge is 0.125 e. The number of hydrogen-bond donors (Lipinski definition) is 3.